The third-order valence-electron chi connectivity index (χ3n) is 2.98. The van der Waals surface area contributed by atoms with Crippen molar-refractivity contribution in [3.8, 4) is 12.3 Å². The number of allylic oxidation sites excluding steroid dienone is 4. The number of hydrogen-bond acceptors (Lipinski definition) is 2. The third-order valence-corrected chi connectivity index (χ3v) is 2.98. The maximum absolute atomic E-state index is 5.92. The van der Waals surface area contributed by atoms with Crippen molar-refractivity contribution in [2.45, 2.75) is 27.4 Å². The third kappa shape index (κ3) is 6.23. The monoisotopic (exact) mass is 305 g/mol. The fourth-order valence-electron chi connectivity index (χ4n) is 1.80. The molecule has 0 atom stereocenters. The molecular weight excluding hydrogens is 282 g/mol. The molecule has 118 valence electrons. The van der Waals surface area contributed by atoms with Crippen LogP contribution in [0.4, 0.5) is 0 Å². The van der Waals surface area contributed by atoms with Gasteiger partial charge >= 0.3 is 0 Å². The minimum absolute atomic E-state index is 0.415. The highest BCUT2D eigenvalue weighted by Gasteiger charge is 2.11. The Labute approximate surface area is 139 Å². The molecule has 0 amide bonds. The number of ether oxygens (including phenoxy) is 1. The molecule has 2 nitrogen and oxygen atoms in total. The molecule has 2 heteroatoms. The maximum Gasteiger partial charge on any atom is 0.221 e. The Morgan fingerprint density at radius 3 is 2.39 bits per heavy atom. The molecule has 0 aromatic heterocycles. The quantitative estimate of drug-likeness (QED) is 0.306. The first-order valence-corrected chi connectivity index (χ1v) is 7.39. The van der Waals surface area contributed by atoms with E-state index < -0.39 is 0 Å². The summed E-state index contributed by atoms with van der Waals surface area (Å²) in [7, 11) is 0. The van der Waals surface area contributed by atoms with E-state index in [1.807, 2.05) is 63.3 Å². The second-order valence-electron chi connectivity index (χ2n) is 5.15. The number of aliphatic imine (C=N–C) groups is 1. The Balaban J connectivity index is 3.15. The van der Waals surface area contributed by atoms with Crippen LogP contribution >= 0.6 is 0 Å². The molecule has 0 aliphatic rings. The summed E-state index contributed by atoms with van der Waals surface area (Å²) in [5, 5.41) is 0. The van der Waals surface area contributed by atoms with Gasteiger partial charge in [-0.15, -0.1) is 6.42 Å². The molecule has 0 heterocycles. The van der Waals surface area contributed by atoms with Gasteiger partial charge in [0.2, 0.25) is 5.90 Å². The first-order chi connectivity index (χ1) is 11.0. The second-order valence-corrected chi connectivity index (χ2v) is 5.15. The van der Waals surface area contributed by atoms with Crippen LogP contribution in [-0.4, -0.2) is 5.90 Å². The standard InChI is InChI=1S/C21H23NO/c1-7-18(8-2)14-20(16(3)4)21(22-17(5)6)23-15-19-12-10-9-11-13-19/h1,8-14H,3,5,15H2,2,4,6H3/b18-8-,20-14+,22-21?. The van der Waals surface area contributed by atoms with Gasteiger partial charge in [-0.2, -0.15) is 0 Å². The van der Waals surface area contributed by atoms with Crippen LogP contribution in [0, 0.1) is 12.3 Å². The largest absolute Gasteiger partial charge is 0.472 e. The van der Waals surface area contributed by atoms with Crippen molar-refractivity contribution in [3.05, 3.63) is 83.6 Å². The average Bonchev–Trinajstić information content (AvgIpc) is 2.53. The molecule has 0 aliphatic carbocycles. The van der Waals surface area contributed by atoms with E-state index in [0.29, 0.717) is 18.2 Å². The molecule has 1 aromatic carbocycles. The molecule has 1 rings (SSSR count). The highest BCUT2D eigenvalue weighted by Crippen LogP contribution is 2.17. The molecule has 0 fully saturated rings. The van der Waals surface area contributed by atoms with Crippen LogP contribution in [0.1, 0.15) is 26.3 Å². The molecule has 0 N–H and O–H groups in total. The number of rotatable bonds is 6. The summed E-state index contributed by atoms with van der Waals surface area (Å²) in [5.41, 5.74) is 4.07. The molecule has 23 heavy (non-hydrogen) atoms. The summed E-state index contributed by atoms with van der Waals surface area (Å²) in [6.07, 6.45) is 9.22. The van der Waals surface area contributed by atoms with Gasteiger partial charge in [-0.25, -0.2) is 4.99 Å². The van der Waals surface area contributed by atoms with E-state index in [0.717, 1.165) is 22.3 Å². The Kier molecular flexibility index (Phi) is 7.36. The fourth-order valence-corrected chi connectivity index (χ4v) is 1.80. The zero-order valence-electron chi connectivity index (χ0n) is 14.1. The van der Waals surface area contributed by atoms with Gasteiger partial charge < -0.3 is 4.74 Å². The first kappa shape index (κ1) is 18.3. The number of benzene rings is 1. The van der Waals surface area contributed by atoms with E-state index in [1.54, 1.807) is 0 Å². The Bertz CT molecular complexity index is 697. The van der Waals surface area contributed by atoms with Crippen molar-refractivity contribution in [2.75, 3.05) is 0 Å². The van der Waals surface area contributed by atoms with Crippen LogP contribution in [0.3, 0.4) is 0 Å². The highest BCUT2D eigenvalue weighted by molar-refractivity contribution is 5.98. The molecule has 0 bridgehead atoms. The SMILES string of the molecule is C#CC(=C/C)/C=C(\C(=C)C)C(=NC(=C)C)OCc1ccccc1. The second kappa shape index (κ2) is 9.27. The van der Waals surface area contributed by atoms with Crippen molar-refractivity contribution in [1.82, 2.24) is 0 Å². The van der Waals surface area contributed by atoms with Gasteiger partial charge in [0.25, 0.3) is 0 Å². The van der Waals surface area contributed by atoms with E-state index in [1.165, 1.54) is 0 Å². The van der Waals surface area contributed by atoms with Gasteiger partial charge in [-0.05, 0) is 38.0 Å². The zero-order chi connectivity index (χ0) is 17.2. The smallest absolute Gasteiger partial charge is 0.221 e. The van der Waals surface area contributed by atoms with Crippen molar-refractivity contribution in [3.63, 3.8) is 0 Å². The molecular formula is C21H23NO. The van der Waals surface area contributed by atoms with Gasteiger partial charge in [-0.3, -0.25) is 0 Å². The summed E-state index contributed by atoms with van der Waals surface area (Å²) >= 11 is 0. The molecule has 0 saturated carbocycles. The van der Waals surface area contributed by atoms with Gasteiger partial charge in [-0.1, -0.05) is 55.5 Å². The molecule has 0 unspecified atom stereocenters. The normalized spacial score (nSPS) is 12.5. The lowest BCUT2D eigenvalue weighted by molar-refractivity contribution is 0.293. The van der Waals surface area contributed by atoms with E-state index in [4.69, 9.17) is 11.2 Å². The minimum Gasteiger partial charge on any atom is -0.472 e. The van der Waals surface area contributed by atoms with E-state index in [2.05, 4.69) is 24.1 Å². The molecule has 1 aromatic rings. The Morgan fingerprint density at radius 2 is 1.91 bits per heavy atom. The van der Waals surface area contributed by atoms with Crippen molar-refractivity contribution in [2.24, 2.45) is 4.99 Å². The summed E-state index contributed by atoms with van der Waals surface area (Å²) in [4.78, 5) is 4.41. The van der Waals surface area contributed by atoms with Crippen LogP contribution in [0.5, 0.6) is 0 Å². The van der Waals surface area contributed by atoms with Crippen LogP contribution in [0.15, 0.2) is 83.1 Å². The molecule has 0 aliphatic heterocycles. The highest BCUT2D eigenvalue weighted by atomic mass is 16.5. The topological polar surface area (TPSA) is 21.6 Å². The van der Waals surface area contributed by atoms with Crippen molar-refractivity contribution >= 4 is 5.90 Å². The summed E-state index contributed by atoms with van der Waals surface area (Å²) < 4.78 is 5.92. The van der Waals surface area contributed by atoms with Crippen LogP contribution < -0.4 is 0 Å². The maximum atomic E-state index is 5.92. The lowest BCUT2D eigenvalue weighted by Crippen LogP contribution is -2.10. The molecule has 0 radical (unpaired) electrons. The Hall–Kier alpha value is -2.79. The predicted molar refractivity (Wildman–Crippen MR) is 99.0 cm³/mol. The van der Waals surface area contributed by atoms with Crippen molar-refractivity contribution < 1.29 is 4.74 Å². The van der Waals surface area contributed by atoms with Gasteiger partial charge in [0.15, 0.2) is 0 Å². The van der Waals surface area contributed by atoms with Crippen LogP contribution in [0.2, 0.25) is 0 Å². The van der Waals surface area contributed by atoms with Crippen LogP contribution in [0.25, 0.3) is 0 Å². The number of terminal acetylenes is 1. The first-order valence-electron chi connectivity index (χ1n) is 7.39. The van der Waals surface area contributed by atoms with E-state index >= 15 is 0 Å². The zero-order valence-corrected chi connectivity index (χ0v) is 14.1. The lowest BCUT2D eigenvalue weighted by atomic mass is 10.1. The molecule has 0 saturated heterocycles. The van der Waals surface area contributed by atoms with Gasteiger partial charge in [0.05, 0.1) is 0 Å². The summed E-state index contributed by atoms with van der Waals surface area (Å²) in [6, 6.07) is 9.92. The van der Waals surface area contributed by atoms with Gasteiger partial charge in [0, 0.05) is 16.8 Å². The number of hydrogen-bond donors (Lipinski definition) is 0. The average molecular weight is 305 g/mol. The summed E-state index contributed by atoms with van der Waals surface area (Å²) in [6.45, 7) is 13.9. The van der Waals surface area contributed by atoms with Crippen LogP contribution in [-0.2, 0) is 11.3 Å². The lowest BCUT2D eigenvalue weighted by Gasteiger charge is -2.13. The fraction of sp³-hybridized carbons (Fsp3) is 0.190. The summed E-state index contributed by atoms with van der Waals surface area (Å²) in [5.74, 6) is 3.11. The predicted octanol–water partition coefficient (Wildman–Crippen LogP) is 5.22. The van der Waals surface area contributed by atoms with Gasteiger partial charge in [0.1, 0.15) is 6.61 Å². The Morgan fingerprint density at radius 1 is 1.26 bits per heavy atom. The minimum atomic E-state index is 0.415. The van der Waals surface area contributed by atoms with E-state index in [9.17, 15) is 0 Å². The van der Waals surface area contributed by atoms with Crippen molar-refractivity contribution in [1.29, 1.82) is 0 Å². The van der Waals surface area contributed by atoms with E-state index in [-0.39, 0.29) is 0 Å². The number of nitrogens with zero attached hydrogens (tertiary/aromatic N) is 1. The molecule has 0 spiro atoms.